The average Bonchev–Trinajstić information content (AvgIpc) is 3.08. The summed E-state index contributed by atoms with van der Waals surface area (Å²) in [5, 5.41) is 4.15. The van der Waals surface area contributed by atoms with Gasteiger partial charge in [-0.1, -0.05) is 29.8 Å². The van der Waals surface area contributed by atoms with Crippen LogP contribution in [-0.2, 0) is 0 Å². The van der Waals surface area contributed by atoms with Crippen molar-refractivity contribution in [1.82, 2.24) is 9.88 Å². The summed E-state index contributed by atoms with van der Waals surface area (Å²) in [4.78, 5) is 19.3. The molecule has 0 spiro atoms. The lowest BCUT2D eigenvalue weighted by molar-refractivity contribution is 0.193. The Morgan fingerprint density at radius 1 is 1.20 bits per heavy atom. The second-order valence-corrected chi connectivity index (χ2v) is 7.66. The Bertz CT molecular complexity index is 854. The zero-order valence-corrected chi connectivity index (χ0v) is 15.1. The van der Waals surface area contributed by atoms with E-state index >= 15 is 0 Å². The van der Waals surface area contributed by atoms with E-state index in [0.717, 1.165) is 42.1 Å². The van der Waals surface area contributed by atoms with E-state index in [1.165, 1.54) is 10.3 Å². The molecule has 5 heteroatoms. The van der Waals surface area contributed by atoms with Gasteiger partial charge in [0.2, 0.25) is 0 Å². The SMILES string of the molecule is Cc1ccc(NC(=O)N2CCC[C@H](c3nc4ccccc4s3)C2)cc1. The molecular formula is C20H21N3OS. The number of nitrogens with zero attached hydrogens (tertiary/aromatic N) is 2. The van der Waals surface area contributed by atoms with E-state index < -0.39 is 0 Å². The highest BCUT2D eigenvalue weighted by Crippen LogP contribution is 2.33. The molecule has 1 atom stereocenters. The molecule has 1 aliphatic heterocycles. The first-order valence-electron chi connectivity index (χ1n) is 8.67. The third-order valence-electron chi connectivity index (χ3n) is 4.67. The molecule has 2 heterocycles. The number of amides is 2. The van der Waals surface area contributed by atoms with Gasteiger partial charge in [-0.3, -0.25) is 0 Å². The Balaban J connectivity index is 1.46. The zero-order valence-electron chi connectivity index (χ0n) is 14.2. The number of hydrogen-bond acceptors (Lipinski definition) is 3. The van der Waals surface area contributed by atoms with Crippen LogP contribution >= 0.6 is 11.3 Å². The Kier molecular flexibility index (Phi) is 4.40. The zero-order chi connectivity index (χ0) is 17.2. The van der Waals surface area contributed by atoms with Crippen LogP contribution in [0.5, 0.6) is 0 Å². The van der Waals surface area contributed by atoms with Crippen molar-refractivity contribution in [1.29, 1.82) is 0 Å². The monoisotopic (exact) mass is 351 g/mol. The first-order chi connectivity index (χ1) is 12.2. The molecule has 2 amide bonds. The minimum Gasteiger partial charge on any atom is -0.324 e. The molecule has 0 bridgehead atoms. The molecule has 3 aromatic rings. The van der Waals surface area contributed by atoms with Crippen molar-refractivity contribution < 1.29 is 4.79 Å². The molecule has 0 aliphatic carbocycles. The van der Waals surface area contributed by atoms with Gasteiger partial charge in [-0.15, -0.1) is 11.3 Å². The van der Waals surface area contributed by atoms with E-state index in [4.69, 9.17) is 4.98 Å². The third-order valence-corrected chi connectivity index (χ3v) is 5.87. The summed E-state index contributed by atoms with van der Waals surface area (Å²) < 4.78 is 1.22. The molecule has 0 radical (unpaired) electrons. The highest BCUT2D eigenvalue weighted by molar-refractivity contribution is 7.18. The van der Waals surface area contributed by atoms with Crippen LogP contribution in [-0.4, -0.2) is 29.0 Å². The van der Waals surface area contributed by atoms with E-state index in [2.05, 4.69) is 17.4 Å². The molecule has 0 saturated carbocycles. The van der Waals surface area contributed by atoms with E-state index in [-0.39, 0.29) is 6.03 Å². The van der Waals surface area contributed by atoms with Gasteiger partial charge >= 0.3 is 6.03 Å². The lowest BCUT2D eigenvalue weighted by Crippen LogP contribution is -2.41. The van der Waals surface area contributed by atoms with Gasteiger partial charge in [-0.2, -0.15) is 0 Å². The molecular weight excluding hydrogens is 330 g/mol. The molecule has 2 aromatic carbocycles. The molecule has 1 fully saturated rings. The summed E-state index contributed by atoms with van der Waals surface area (Å²) in [6, 6.07) is 16.1. The van der Waals surface area contributed by atoms with Crippen LogP contribution in [0.1, 0.15) is 29.3 Å². The van der Waals surface area contributed by atoms with E-state index in [9.17, 15) is 4.79 Å². The number of thiazole rings is 1. The van der Waals surface area contributed by atoms with Gasteiger partial charge in [0.25, 0.3) is 0 Å². The predicted molar refractivity (Wildman–Crippen MR) is 103 cm³/mol. The number of anilines is 1. The summed E-state index contributed by atoms with van der Waals surface area (Å²) in [5.74, 6) is 0.329. The molecule has 0 unspecified atom stereocenters. The van der Waals surface area contributed by atoms with Crippen LogP contribution < -0.4 is 5.32 Å². The number of nitrogens with one attached hydrogen (secondary N) is 1. The first kappa shape index (κ1) is 16.1. The number of benzene rings is 2. The molecule has 128 valence electrons. The van der Waals surface area contributed by atoms with Gasteiger partial charge in [0, 0.05) is 24.7 Å². The molecule has 4 rings (SSSR count). The van der Waals surface area contributed by atoms with Crippen molar-refractivity contribution >= 4 is 33.3 Å². The quantitative estimate of drug-likeness (QED) is 0.705. The fraction of sp³-hybridized carbons (Fsp3) is 0.300. The van der Waals surface area contributed by atoms with Crippen molar-refractivity contribution in [2.45, 2.75) is 25.7 Å². The number of carbonyl (C=O) groups excluding carboxylic acids is 1. The van der Waals surface area contributed by atoms with Crippen LogP contribution in [0.3, 0.4) is 0 Å². The lowest BCUT2D eigenvalue weighted by atomic mass is 9.99. The average molecular weight is 351 g/mol. The van der Waals surface area contributed by atoms with E-state index in [1.54, 1.807) is 11.3 Å². The van der Waals surface area contributed by atoms with Gasteiger partial charge < -0.3 is 10.2 Å². The largest absolute Gasteiger partial charge is 0.324 e. The van der Waals surface area contributed by atoms with E-state index in [1.807, 2.05) is 48.2 Å². The van der Waals surface area contributed by atoms with Gasteiger partial charge in [-0.25, -0.2) is 9.78 Å². The minimum atomic E-state index is -0.0188. The number of fused-ring (bicyclic) bond motifs is 1. The summed E-state index contributed by atoms with van der Waals surface area (Å²) in [7, 11) is 0. The Hall–Kier alpha value is -2.40. The van der Waals surface area contributed by atoms with Crippen LogP contribution in [0.2, 0.25) is 0 Å². The van der Waals surface area contributed by atoms with Crippen molar-refractivity contribution in [2.75, 3.05) is 18.4 Å². The number of hydrogen-bond donors (Lipinski definition) is 1. The van der Waals surface area contributed by atoms with Crippen molar-refractivity contribution in [2.24, 2.45) is 0 Å². The Morgan fingerprint density at radius 3 is 2.80 bits per heavy atom. The van der Waals surface area contributed by atoms with E-state index in [0.29, 0.717) is 5.92 Å². The maximum Gasteiger partial charge on any atom is 0.321 e. The van der Waals surface area contributed by atoms with Crippen LogP contribution in [0.15, 0.2) is 48.5 Å². The number of para-hydroxylation sites is 1. The number of aryl methyl sites for hydroxylation is 1. The maximum absolute atomic E-state index is 12.6. The number of urea groups is 1. The van der Waals surface area contributed by atoms with Gasteiger partial charge in [0.15, 0.2) is 0 Å². The van der Waals surface area contributed by atoms with Crippen molar-refractivity contribution in [3.63, 3.8) is 0 Å². The van der Waals surface area contributed by atoms with Gasteiger partial charge in [0.1, 0.15) is 0 Å². The Morgan fingerprint density at radius 2 is 2.00 bits per heavy atom. The third kappa shape index (κ3) is 3.51. The molecule has 1 N–H and O–H groups in total. The highest BCUT2D eigenvalue weighted by atomic mass is 32.1. The molecule has 1 aliphatic rings. The lowest BCUT2D eigenvalue weighted by Gasteiger charge is -2.31. The normalized spacial score (nSPS) is 17.6. The smallest absolute Gasteiger partial charge is 0.321 e. The van der Waals surface area contributed by atoms with Crippen LogP contribution in [0.4, 0.5) is 10.5 Å². The summed E-state index contributed by atoms with van der Waals surface area (Å²) in [6.45, 7) is 3.58. The molecule has 1 saturated heterocycles. The fourth-order valence-electron chi connectivity index (χ4n) is 3.27. The van der Waals surface area contributed by atoms with Crippen molar-refractivity contribution in [3.8, 4) is 0 Å². The number of likely N-dealkylation sites (tertiary alicyclic amines) is 1. The topological polar surface area (TPSA) is 45.2 Å². The van der Waals surface area contributed by atoms with Crippen LogP contribution in [0.25, 0.3) is 10.2 Å². The van der Waals surface area contributed by atoms with Crippen molar-refractivity contribution in [3.05, 3.63) is 59.1 Å². The summed E-state index contributed by atoms with van der Waals surface area (Å²) in [5.41, 5.74) is 3.09. The minimum absolute atomic E-state index is 0.0188. The fourth-order valence-corrected chi connectivity index (χ4v) is 4.36. The number of piperidine rings is 1. The second kappa shape index (κ2) is 6.84. The highest BCUT2D eigenvalue weighted by Gasteiger charge is 2.27. The maximum atomic E-state index is 12.6. The molecule has 25 heavy (non-hydrogen) atoms. The predicted octanol–water partition coefficient (Wildman–Crippen LogP) is 5.02. The van der Waals surface area contributed by atoms with Gasteiger partial charge in [0.05, 0.1) is 15.2 Å². The molecule has 4 nitrogen and oxygen atoms in total. The standard InChI is InChI=1S/C20H21N3OS/c1-14-8-10-16(11-9-14)21-20(24)23-12-4-5-15(13-23)19-22-17-6-2-3-7-18(17)25-19/h2-3,6-11,15H,4-5,12-13H2,1H3,(H,21,24)/t15-/m0/s1. The number of carbonyl (C=O) groups is 1. The second-order valence-electron chi connectivity index (χ2n) is 6.60. The Labute approximate surface area is 151 Å². The van der Waals surface area contributed by atoms with Gasteiger partial charge in [-0.05, 0) is 44.0 Å². The van der Waals surface area contributed by atoms with Crippen LogP contribution in [0, 0.1) is 6.92 Å². The number of aromatic nitrogens is 1. The number of rotatable bonds is 2. The first-order valence-corrected chi connectivity index (χ1v) is 9.49. The molecule has 1 aromatic heterocycles. The summed E-state index contributed by atoms with van der Waals surface area (Å²) >= 11 is 1.75. The summed E-state index contributed by atoms with van der Waals surface area (Å²) in [6.07, 6.45) is 2.11.